The van der Waals surface area contributed by atoms with Crippen LogP contribution in [0.3, 0.4) is 0 Å². The van der Waals surface area contributed by atoms with E-state index >= 15 is 0 Å². The van der Waals surface area contributed by atoms with Crippen molar-refractivity contribution in [1.82, 2.24) is 9.80 Å². The van der Waals surface area contributed by atoms with E-state index < -0.39 is 6.04 Å². The Bertz CT molecular complexity index is 1280. The molecule has 33 heavy (non-hydrogen) atoms. The maximum Gasteiger partial charge on any atom is 0.290 e. The molecule has 1 aromatic heterocycles. The van der Waals surface area contributed by atoms with Crippen LogP contribution in [0.2, 0.25) is 0 Å². The third-order valence-electron chi connectivity index (χ3n) is 6.75. The molecule has 3 aromatic rings. The molecule has 2 aliphatic heterocycles. The third kappa shape index (κ3) is 3.92. The molecule has 0 spiro atoms. The molecular formula is C26H28N2O5. The Labute approximate surface area is 192 Å². The number of ether oxygens (including phenoxy) is 1. The van der Waals surface area contributed by atoms with Crippen LogP contribution >= 0.6 is 0 Å². The molecule has 1 N–H and O–H groups in total. The molecule has 3 heterocycles. The van der Waals surface area contributed by atoms with Crippen LogP contribution in [0.25, 0.3) is 11.0 Å². The van der Waals surface area contributed by atoms with Crippen molar-refractivity contribution in [2.24, 2.45) is 0 Å². The van der Waals surface area contributed by atoms with Gasteiger partial charge in [0.05, 0.1) is 30.2 Å². The number of fused-ring (bicyclic) bond motifs is 2. The minimum Gasteiger partial charge on any atom is -0.508 e. The van der Waals surface area contributed by atoms with Crippen molar-refractivity contribution in [2.45, 2.75) is 26.3 Å². The number of aryl methyl sites for hydroxylation is 2. The fraction of sp³-hybridized carbons (Fsp3) is 0.385. The largest absolute Gasteiger partial charge is 0.508 e. The molecule has 0 radical (unpaired) electrons. The third-order valence-corrected chi connectivity index (χ3v) is 6.75. The average molecular weight is 449 g/mol. The Morgan fingerprint density at radius 3 is 2.55 bits per heavy atom. The van der Waals surface area contributed by atoms with Crippen molar-refractivity contribution in [3.8, 4) is 5.75 Å². The van der Waals surface area contributed by atoms with Crippen LogP contribution in [-0.2, 0) is 4.74 Å². The molecule has 172 valence electrons. The summed E-state index contributed by atoms with van der Waals surface area (Å²) in [5.74, 6) is -0.0775. The molecule has 2 aromatic carbocycles. The maximum atomic E-state index is 13.6. The number of rotatable bonds is 5. The van der Waals surface area contributed by atoms with Gasteiger partial charge in [-0.15, -0.1) is 0 Å². The summed E-state index contributed by atoms with van der Waals surface area (Å²) in [6.45, 7) is 8.46. The van der Waals surface area contributed by atoms with Crippen molar-refractivity contribution in [3.05, 3.63) is 74.6 Å². The van der Waals surface area contributed by atoms with Crippen molar-refractivity contribution >= 4 is 16.9 Å². The van der Waals surface area contributed by atoms with E-state index in [9.17, 15) is 14.7 Å². The number of phenolic OH excluding ortho intramolecular Hbond substituents is 1. The Hall–Kier alpha value is -3.16. The van der Waals surface area contributed by atoms with Gasteiger partial charge in [-0.3, -0.25) is 14.5 Å². The molecule has 0 unspecified atom stereocenters. The van der Waals surface area contributed by atoms with Gasteiger partial charge in [0.25, 0.3) is 5.91 Å². The molecule has 0 aliphatic carbocycles. The first-order valence-electron chi connectivity index (χ1n) is 11.4. The smallest absolute Gasteiger partial charge is 0.290 e. The van der Waals surface area contributed by atoms with E-state index in [1.807, 2.05) is 32.0 Å². The lowest BCUT2D eigenvalue weighted by Gasteiger charge is -2.29. The Kier molecular flexibility index (Phi) is 5.68. The minimum atomic E-state index is -0.591. The zero-order valence-electron chi connectivity index (χ0n) is 19.0. The highest BCUT2D eigenvalue weighted by Crippen LogP contribution is 2.39. The summed E-state index contributed by atoms with van der Waals surface area (Å²) in [5, 5.41) is 10.6. The van der Waals surface area contributed by atoms with Crippen molar-refractivity contribution in [1.29, 1.82) is 0 Å². The second-order valence-electron chi connectivity index (χ2n) is 8.91. The fourth-order valence-electron chi connectivity index (χ4n) is 4.84. The molecule has 1 fully saturated rings. The van der Waals surface area contributed by atoms with Gasteiger partial charge in [0.2, 0.25) is 5.76 Å². The zero-order chi connectivity index (χ0) is 23.1. The van der Waals surface area contributed by atoms with Gasteiger partial charge in [0.1, 0.15) is 11.3 Å². The number of phenols is 1. The highest BCUT2D eigenvalue weighted by Gasteiger charge is 2.42. The van der Waals surface area contributed by atoms with E-state index in [-0.39, 0.29) is 22.8 Å². The first-order chi connectivity index (χ1) is 15.9. The first kappa shape index (κ1) is 21.7. The van der Waals surface area contributed by atoms with Gasteiger partial charge >= 0.3 is 0 Å². The topological polar surface area (TPSA) is 83.2 Å². The number of amides is 1. The highest BCUT2D eigenvalue weighted by molar-refractivity contribution is 5.99. The lowest BCUT2D eigenvalue weighted by atomic mass is 9.97. The second kappa shape index (κ2) is 8.65. The predicted octanol–water partition coefficient (Wildman–Crippen LogP) is 3.38. The lowest BCUT2D eigenvalue weighted by Crippen LogP contribution is -2.38. The first-order valence-corrected chi connectivity index (χ1v) is 11.4. The molecule has 0 saturated carbocycles. The number of morpholine rings is 1. The quantitative estimate of drug-likeness (QED) is 0.644. The van der Waals surface area contributed by atoms with Crippen LogP contribution in [0.5, 0.6) is 5.75 Å². The minimum absolute atomic E-state index is 0.0957. The number of carbonyl (C=O) groups excluding carboxylic acids is 1. The van der Waals surface area contributed by atoms with Crippen LogP contribution < -0.4 is 5.43 Å². The summed E-state index contributed by atoms with van der Waals surface area (Å²) in [5.41, 5.74) is 3.29. The number of hydrogen-bond acceptors (Lipinski definition) is 6. The van der Waals surface area contributed by atoms with Gasteiger partial charge < -0.3 is 19.2 Å². The lowest BCUT2D eigenvalue weighted by molar-refractivity contribution is 0.0353. The standard InChI is InChI=1S/C26H28N2O5/c1-16-13-20-21(14-17(16)2)33-25-22(24(20)30)23(18-5-3-6-19(29)15-18)28(26(25)31)8-4-7-27-9-11-32-12-10-27/h3,5-6,13-15,23,29H,4,7-12H2,1-2H3/t23-/m1/s1. The van der Waals surface area contributed by atoms with E-state index in [2.05, 4.69) is 4.90 Å². The molecule has 7 heteroatoms. The van der Waals surface area contributed by atoms with E-state index in [0.29, 0.717) is 28.6 Å². The van der Waals surface area contributed by atoms with Crippen molar-refractivity contribution in [2.75, 3.05) is 39.4 Å². The van der Waals surface area contributed by atoms with Crippen LogP contribution in [0.1, 0.15) is 45.3 Å². The fourth-order valence-corrected chi connectivity index (χ4v) is 4.84. The van der Waals surface area contributed by atoms with Gasteiger partial charge in [-0.25, -0.2) is 0 Å². The van der Waals surface area contributed by atoms with Crippen LogP contribution in [-0.4, -0.2) is 60.2 Å². The molecule has 1 amide bonds. The normalized spacial score (nSPS) is 18.8. The Balaban J connectivity index is 1.56. The van der Waals surface area contributed by atoms with Crippen molar-refractivity contribution in [3.63, 3.8) is 0 Å². The van der Waals surface area contributed by atoms with Gasteiger partial charge in [-0.05, 0) is 61.2 Å². The van der Waals surface area contributed by atoms with Gasteiger partial charge in [0.15, 0.2) is 5.43 Å². The number of carbonyl (C=O) groups is 1. The van der Waals surface area contributed by atoms with Crippen LogP contribution in [0.15, 0.2) is 45.6 Å². The summed E-state index contributed by atoms with van der Waals surface area (Å²) in [6, 6.07) is 9.84. The maximum absolute atomic E-state index is 13.6. The average Bonchev–Trinajstić information content (AvgIpc) is 3.08. The summed E-state index contributed by atoms with van der Waals surface area (Å²) >= 11 is 0. The number of benzene rings is 2. The summed E-state index contributed by atoms with van der Waals surface area (Å²) < 4.78 is 11.5. The van der Waals surface area contributed by atoms with Crippen LogP contribution in [0.4, 0.5) is 0 Å². The second-order valence-corrected chi connectivity index (χ2v) is 8.91. The monoisotopic (exact) mass is 448 g/mol. The molecule has 0 bridgehead atoms. The van der Waals surface area contributed by atoms with Crippen molar-refractivity contribution < 1.29 is 19.1 Å². The van der Waals surface area contributed by atoms with E-state index in [1.165, 1.54) is 0 Å². The zero-order valence-corrected chi connectivity index (χ0v) is 19.0. The van der Waals surface area contributed by atoms with Crippen LogP contribution in [0, 0.1) is 13.8 Å². The molecule has 1 saturated heterocycles. The molecule has 1 atom stereocenters. The molecule has 2 aliphatic rings. The van der Waals surface area contributed by atoms with E-state index in [1.54, 1.807) is 23.1 Å². The SMILES string of the molecule is Cc1cc2oc3c(c(=O)c2cc1C)[C@@H](c1cccc(O)c1)N(CCCN1CCOCC1)C3=O. The van der Waals surface area contributed by atoms with E-state index in [0.717, 1.165) is 50.4 Å². The Morgan fingerprint density at radius 1 is 1.03 bits per heavy atom. The summed E-state index contributed by atoms with van der Waals surface area (Å²) in [7, 11) is 0. The number of nitrogens with zero attached hydrogens (tertiary/aromatic N) is 2. The van der Waals surface area contributed by atoms with Gasteiger partial charge in [-0.1, -0.05) is 12.1 Å². The van der Waals surface area contributed by atoms with E-state index in [4.69, 9.17) is 9.15 Å². The molecule has 7 nitrogen and oxygen atoms in total. The number of aromatic hydroxyl groups is 1. The highest BCUT2D eigenvalue weighted by atomic mass is 16.5. The Morgan fingerprint density at radius 2 is 1.79 bits per heavy atom. The van der Waals surface area contributed by atoms with Gasteiger partial charge in [0, 0.05) is 26.2 Å². The number of hydrogen-bond donors (Lipinski definition) is 1. The summed E-state index contributed by atoms with van der Waals surface area (Å²) in [6.07, 6.45) is 0.765. The van der Waals surface area contributed by atoms with Gasteiger partial charge in [-0.2, -0.15) is 0 Å². The predicted molar refractivity (Wildman–Crippen MR) is 125 cm³/mol. The molecule has 5 rings (SSSR count). The molecular weight excluding hydrogens is 420 g/mol. The summed E-state index contributed by atoms with van der Waals surface area (Å²) in [4.78, 5) is 31.2.